The fraction of sp³-hybridized carbons (Fsp3) is 0.400. The van der Waals surface area contributed by atoms with Crippen molar-refractivity contribution in [3.8, 4) is 0 Å². The Balaban J connectivity index is 1.97. The van der Waals surface area contributed by atoms with Crippen molar-refractivity contribution < 1.29 is 14.4 Å². The van der Waals surface area contributed by atoms with Crippen molar-refractivity contribution in [1.82, 2.24) is 4.90 Å². The van der Waals surface area contributed by atoms with Crippen molar-refractivity contribution in [2.24, 2.45) is 16.8 Å². The molecule has 2 atom stereocenters. The van der Waals surface area contributed by atoms with Gasteiger partial charge in [-0.25, -0.2) is 0 Å². The third-order valence-corrected chi connectivity index (χ3v) is 5.88. The number of fused-ring (bicyclic) bond motifs is 1. The molecular formula is C20H22N2O3S. The molecule has 0 spiro atoms. The zero-order chi connectivity index (χ0) is 19.0. The van der Waals surface area contributed by atoms with Crippen molar-refractivity contribution in [2.75, 3.05) is 13.1 Å². The van der Waals surface area contributed by atoms with Crippen molar-refractivity contribution >= 4 is 35.5 Å². The fourth-order valence-corrected chi connectivity index (χ4v) is 4.84. The summed E-state index contributed by atoms with van der Waals surface area (Å²) in [7, 11) is 0. The largest absolute Gasteiger partial charge is 0.337 e. The quantitative estimate of drug-likeness (QED) is 0.761. The van der Waals surface area contributed by atoms with Crippen LogP contribution in [-0.4, -0.2) is 42.2 Å². The van der Waals surface area contributed by atoms with Gasteiger partial charge < -0.3 is 4.90 Å². The summed E-state index contributed by atoms with van der Waals surface area (Å²) in [5, 5.41) is 0. The van der Waals surface area contributed by atoms with Crippen LogP contribution in [0.5, 0.6) is 0 Å². The van der Waals surface area contributed by atoms with Gasteiger partial charge >= 0.3 is 0 Å². The van der Waals surface area contributed by atoms with E-state index in [1.165, 1.54) is 0 Å². The van der Waals surface area contributed by atoms with Crippen LogP contribution < -0.4 is 0 Å². The lowest BCUT2D eigenvalue weighted by Crippen LogP contribution is -2.42. The smallest absolute Gasteiger partial charge is 0.263 e. The highest BCUT2D eigenvalue weighted by atomic mass is 32.1. The first kappa shape index (κ1) is 18.5. The summed E-state index contributed by atoms with van der Waals surface area (Å²) in [5.41, 5.74) is 0.584. The summed E-state index contributed by atoms with van der Waals surface area (Å²) >= 11 is 1.08. The Hall–Kier alpha value is -2.34. The number of hydrogen-bond acceptors (Lipinski definition) is 5. The van der Waals surface area contributed by atoms with E-state index in [0.29, 0.717) is 35.4 Å². The maximum absolute atomic E-state index is 12.9. The first-order valence-corrected chi connectivity index (χ1v) is 9.55. The molecule has 5 nitrogen and oxygen atoms in total. The molecule has 2 heterocycles. The zero-order valence-corrected chi connectivity index (χ0v) is 16.1. The second-order valence-electron chi connectivity index (χ2n) is 7.09. The SMILES string of the molecule is C=NC1=C(/C=C\C)C(=O)c2cc(C(=O)N3CC(C)CC(C)C3)sc2C1=O. The van der Waals surface area contributed by atoms with Crippen LogP contribution >= 0.6 is 11.3 Å². The average molecular weight is 370 g/mol. The Labute approximate surface area is 157 Å². The van der Waals surface area contributed by atoms with Crippen molar-refractivity contribution in [3.63, 3.8) is 0 Å². The number of ketones is 2. The number of likely N-dealkylation sites (tertiary alicyclic amines) is 1. The molecule has 3 rings (SSSR count). The van der Waals surface area contributed by atoms with Crippen LogP contribution in [0.25, 0.3) is 0 Å². The molecule has 0 bridgehead atoms. The third-order valence-electron chi connectivity index (χ3n) is 4.76. The van der Waals surface area contributed by atoms with E-state index < -0.39 is 0 Å². The van der Waals surface area contributed by atoms with Gasteiger partial charge in [0, 0.05) is 18.7 Å². The number of Topliss-reactive ketones (excluding diaryl/α,β-unsaturated/α-hetero) is 2. The molecule has 0 aromatic carbocycles. The Bertz CT molecular complexity index is 852. The normalized spacial score (nSPS) is 23.6. The van der Waals surface area contributed by atoms with Crippen LogP contribution in [0.3, 0.4) is 0 Å². The molecule has 2 unspecified atom stereocenters. The topological polar surface area (TPSA) is 66.8 Å². The summed E-state index contributed by atoms with van der Waals surface area (Å²) in [6.45, 7) is 10.9. The summed E-state index contributed by atoms with van der Waals surface area (Å²) in [6, 6.07) is 1.57. The predicted octanol–water partition coefficient (Wildman–Crippen LogP) is 3.78. The molecule has 6 heteroatoms. The van der Waals surface area contributed by atoms with Crippen LogP contribution in [0.2, 0.25) is 0 Å². The molecule has 1 aromatic heterocycles. The second kappa shape index (κ2) is 7.11. The van der Waals surface area contributed by atoms with Gasteiger partial charge in [0.15, 0.2) is 5.78 Å². The first-order valence-electron chi connectivity index (χ1n) is 8.73. The van der Waals surface area contributed by atoms with E-state index in [1.54, 1.807) is 25.1 Å². The van der Waals surface area contributed by atoms with Crippen LogP contribution in [0.15, 0.2) is 34.5 Å². The van der Waals surface area contributed by atoms with Gasteiger partial charge in [-0.3, -0.25) is 19.4 Å². The van der Waals surface area contributed by atoms with Gasteiger partial charge in [0.2, 0.25) is 5.78 Å². The lowest BCUT2D eigenvalue weighted by Gasteiger charge is -2.34. The van der Waals surface area contributed by atoms with E-state index in [2.05, 4.69) is 25.6 Å². The van der Waals surface area contributed by atoms with Crippen LogP contribution in [-0.2, 0) is 0 Å². The number of thiophene rings is 1. The predicted molar refractivity (Wildman–Crippen MR) is 103 cm³/mol. The molecule has 0 radical (unpaired) electrons. The highest BCUT2D eigenvalue weighted by Gasteiger charge is 2.35. The van der Waals surface area contributed by atoms with Crippen LogP contribution in [0.1, 0.15) is 56.9 Å². The number of allylic oxidation sites excluding steroid dienone is 4. The molecule has 1 aliphatic carbocycles. The second-order valence-corrected chi connectivity index (χ2v) is 8.14. The van der Waals surface area contributed by atoms with Gasteiger partial charge in [0.1, 0.15) is 5.70 Å². The summed E-state index contributed by atoms with van der Waals surface area (Å²) in [5.74, 6) is 0.159. The van der Waals surface area contributed by atoms with E-state index in [0.717, 1.165) is 17.8 Å². The van der Waals surface area contributed by atoms with E-state index >= 15 is 0 Å². The Morgan fingerprint density at radius 1 is 1.27 bits per heavy atom. The number of piperidine rings is 1. The van der Waals surface area contributed by atoms with Gasteiger partial charge in [0.05, 0.1) is 15.3 Å². The van der Waals surface area contributed by atoms with Gasteiger partial charge in [0.25, 0.3) is 5.91 Å². The number of rotatable bonds is 3. The Morgan fingerprint density at radius 2 is 1.92 bits per heavy atom. The molecule has 1 saturated heterocycles. The molecule has 26 heavy (non-hydrogen) atoms. The van der Waals surface area contributed by atoms with Crippen molar-refractivity contribution in [2.45, 2.75) is 27.2 Å². The highest BCUT2D eigenvalue weighted by molar-refractivity contribution is 7.16. The number of carbonyl (C=O) groups is 3. The molecule has 2 aliphatic rings. The first-order chi connectivity index (χ1) is 12.4. The number of amides is 1. The van der Waals surface area contributed by atoms with Crippen LogP contribution in [0.4, 0.5) is 0 Å². The molecule has 1 fully saturated rings. The van der Waals surface area contributed by atoms with Gasteiger partial charge in [-0.1, -0.05) is 26.0 Å². The van der Waals surface area contributed by atoms with E-state index in [9.17, 15) is 14.4 Å². The van der Waals surface area contributed by atoms with Crippen molar-refractivity contribution in [3.05, 3.63) is 44.8 Å². The summed E-state index contributed by atoms with van der Waals surface area (Å²) in [6.07, 6.45) is 4.36. The molecule has 0 saturated carbocycles. The van der Waals surface area contributed by atoms with Gasteiger partial charge in [-0.2, -0.15) is 0 Å². The van der Waals surface area contributed by atoms with Gasteiger partial charge in [-0.05, 0) is 38.0 Å². The highest BCUT2D eigenvalue weighted by Crippen LogP contribution is 2.35. The summed E-state index contributed by atoms with van der Waals surface area (Å²) in [4.78, 5) is 44.7. The maximum atomic E-state index is 12.9. The minimum absolute atomic E-state index is 0.0571. The minimum atomic E-state index is -0.341. The minimum Gasteiger partial charge on any atom is -0.337 e. The lowest BCUT2D eigenvalue weighted by atomic mass is 9.91. The monoisotopic (exact) mass is 370 g/mol. The zero-order valence-electron chi connectivity index (χ0n) is 15.2. The number of carbonyl (C=O) groups excluding carboxylic acids is 3. The standard InChI is InChI=1S/C20H22N2O3S/c1-5-6-13-16(21-4)18(24)19-14(17(13)23)8-15(26-19)20(25)22-9-11(2)7-12(3)10-22/h5-6,8,11-12H,4,7,9-10H2,1-3H3/b6-5-. The average Bonchev–Trinajstić information content (AvgIpc) is 3.04. The molecule has 1 aliphatic heterocycles. The molecule has 1 aromatic rings. The molecule has 1 amide bonds. The number of nitrogens with zero attached hydrogens (tertiary/aromatic N) is 2. The number of aliphatic imine (C=N–C) groups is 1. The number of hydrogen-bond donors (Lipinski definition) is 0. The van der Waals surface area contributed by atoms with Crippen molar-refractivity contribution in [1.29, 1.82) is 0 Å². The third kappa shape index (κ3) is 3.09. The molecular weight excluding hydrogens is 348 g/mol. The van der Waals surface area contributed by atoms with E-state index in [4.69, 9.17) is 0 Å². The lowest BCUT2D eigenvalue weighted by molar-refractivity contribution is 0.0628. The maximum Gasteiger partial charge on any atom is 0.263 e. The molecule has 0 N–H and O–H groups in total. The fourth-order valence-electron chi connectivity index (χ4n) is 3.78. The van der Waals surface area contributed by atoms with Gasteiger partial charge in [-0.15, -0.1) is 11.3 Å². The Kier molecular flexibility index (Phi) is 5.05. The summed E-state index contributed by atoms with van der Waals surface area (Å²) < 4.78 is 0. The van der Waals surface area contributed by atoms with E-state index in [1.807, 2.05) is 4.90 Å². The molecule has 136 valence electrons. The Morgan fingerprint density at radius 3 is 2.50 bits per heavy atom. The van der Waals surface area contributed by atoms with Crippen LogP contribution in [0, 0.1) is 11.8 Å². The van der Waals surface area contributed by atoms with E-state index in [-0.39, 0.29) is 33.6 Å².